The number of carbonyl (C=O) groups is 1. The normalized spacial score (nSPS) is 11.5. The summed E-state index contributed by atoms with van der Waals surface area (Å²) in [7, 11) is 0. The second-order valence-electron chi connectivity index (χ2n) is 3.73. The molecule has 0 bridgehead atoms. The fourth-order valence-corrected chi connectivity index (χ4v) is 2.25. The van der Waals surface area contributed by atoms with Gasteiger partial charge in [0, 0.05) is 5.57 Å². The van der Waals surface area contributed by atoms with Crippen LogP contribution in [0.4, 0.5) is 0 Å². The summed E-state index contributed by atoms with van der Waals surface area (Å²) in [6.45, 7) is 1.60. The molecule has 86 valence electrons. The van der Waals surface area contributed by atoms with Gasteiger partial charge >= 0.3 is 5.97 Å². The molecule has 1 N–H and O–H groups in total. The van der Waals surface area contributed by atoms with Crippen LogP contribution in [0.2, 0.25) is 0 Å². The third kappa shape index (κ3) is 2.63. The van der Waals surface area contributed by atoms with E-state index < -0.39 is 5.97 Å². The van der Waals surface area contributed by atoms with Gasteiger partial charge in [0.1, 0.15) is 0 Å². The van der Waals surface area contributed by atoms with Gasteiger partial charge in [0.2, 0.25) is 0 Å². The Bertz CT molecular complexity index is 553. The molecule has 1 heterocycles. The Morgan fingerprint density at radius 2 is 2.06 bits per heavy atom. The van der Waals surface area contributed by atoms with Crippen molar-refractivity contribution in [3.05, 3.63) is 52.2 Å². The van der Waals surface area contributed by atoms with E-state index in [1.807, 2.05) is 35.7 Å². The minimum Gasteiger partial charge on any atom is -0.478 e. The van der Waals surface area contributed by atoms with Crippen molar-refractivity contribution in [1.29, 1.82) is 0 Å². The minimum atomic E-state index is -0.884. The van der Waals surface area contributed by atoms with Crippen LogP contribution >= 0.6 is 11.3 Å². The predicted octanol–water partition coefficient (Wildman–Crippen LogP) is 3.90. The third-order valence-corrected chi connectivity index (χ3v) is 3.19. The number of carboxylic acids is 1. The smallest absolute Gasteiger partial charge is 0.331 e. The van der Waals surface area contributed by atoms with Crippen molar-refractivity contribution in [2.75, 3.05) is 0 Å². The first-order valence-corrected chi connectivity index (χ1v) is 6.16. The molecule has 2 aromatic rings. The van der Waals surface area contributed by atoms with Crippen LogP contribution in [0.1, 0.15) is 12.5 Å². The zero-order valence-electron chi connectivity index (χ0n) is 9.38. The highest BCUT2D eigenvalue weighted by Gasteiger charge is 2.05. The van der Waals surface area contributed by atoms with Gasteiger partial charge < -0.3 is 5.11 Å². The molecule has 0 radical (unpaired) electrons. The SMILES string of the molecule is C/C(=C\c1ccccc1-c1ccsc1)C(=O)O. The summed E-state index contributed by atoms with van der Waals surface area (Å²) in [4.78, 5) is 10.8. The van der Waals surface area contributed by atoms with Crippen LogP contribution in [0.15, 0.2) is 46.7 Å². The minimum absolute atomic E-state index is 0.340. The van der Waals surface area contributed by atoms with E-state index in [0.29, 0.717) is 5.57 Å². The number of hydrogen-bond donors (Lipinski definition) is 1. The molecule has 2 rings (SSSR count). The van der Waals surface area contributed by atoms with Crippen molar-refractivity contribution in [2.24, 2.45) is 0 Å². The number of thiophene rings is 1. The molecule has 0 fully saturated rings. The van der Waals surface area contributed by atoms with Gasteiger partial charge in [-0.3, -0.25) is 0 Å². The summed E-state index contributed by atoms with van der Waals surface area (Å²) in [5, 5.41) is 13.0. The summed E-state index contributed by atoms with van der Waals surface area (Å²) >= 11 is 1.63. The first-order valence-electron chi connectivity index (χ1n) is 5.21. The van der Waals surface area contributed by atoms with Crippen LogP contribution in [0.3, 0.4) is 0 Å². The number of carboxylic acid groups (broad SMARTS) is 1. The van der Waals surface area contributed by atoms with Crippen LogP contribution in [0.25, 0.3) is 17.2 Å². The molecule has 0 amide bonds. The van der Waals surface area contributed by atoms with Crippen molar-refractivity contribution < 1.29 is 9.90 Å². The number of aliphatic carboxylic acids is 1. The van der Waals surface area contributed by atoms with Crippen molar-refractivity contribution >= 4 is 23.4 Å². The van der Waals surface area contributed by atoms with Crippen LogP contribution in [0, 0.1) is 0 Å². The third-order valence-electron chi connectivity index (χ3n) is 2.50. The van der Waals surface area contributed by atoms with Gasteiger partial charge in [0.15, 0.2) is 0 Å². The lowest BCUT2D eigenvalue weighted by molar-refractivity contribution is -0.132. The van der Waals surface area contributed by atoms with Crippen LogP contribution < -0.4 is 0 Å². The van der Waals surface area contributed by atoms with Gasteiger partial charge in [-0.15, -0.1) is 0 Å². The molecule has 0 aliphatic heterocycles. The maximum atomic E-state index is 10.8. The summed E-state index contributed by atoms with van der Waals surface area (Å²) in [6, 6.07) is 9.84. The van der Waals surface area contributed by atoms with E-state index >= 15 is 0 Å². The van der Waals surface area contributed by atoms with Crippen LogP contribution in [-0.4, -0.2) is 11.1 Å². The summed E-state index contributed by atoms with van der Waals surface area (Å²) < 4.78 is 0. The quantitative estimate of drug-likeness (QED) is 0.831. The van der Waals surface area contributed by atoms with Crippen LogP contribution in [0.5, 0.6) is 0 Å². The Morgan fingerprint density at radius 3 is 2.71 bits per heavy atom. The van der Waals surface area contributed by atoms with Gasteiger partial charge in [-0.1, -0.05) is 24.3 Å². The molecule has 0 aliphatic rings. The van der Waals surface area contributed by atoms with Gasteiger partial charge in [0.25, 0.3) is 0 Å². The molecule has 17 heavy (non-hydrogen) atoms. The summed E-state index contributed by atoms with van der Waals surface area (Å²) in [6.07, 6.45) is 1.70. The van der Waals surface area contributed by atoms with Gasteiger partial charge in [-0.2, -0.15) is 11.3 Å². The second kappa shape index (κ2) is 4.97. The lowest BCUT2D eigenvalue weighted by Gasteiger charge is -2.04. The zero-order valence-corrected chi connectivity index (χ0v) is 10.2. The lowest BCUT2D eigenvalue weighted by Crippen LogP contribution is -1.95. The molecule has 1 aromatic carbocycles. The highest BCUT2D eigenvalue weighted by molar-refractivity contribution is 7.08. The first kappa shape index (κ1) is 11.6. The summed E-state index contributed by atoms with van der Waals surface area (Å²) in [5.74, 6) is -0.884. The summed E-state index contributed by atoms with van der Waals surface area (Å²) in [5.41, 5.74) is 3.47. The van der Waals surface area contributed by atoms with Crippen molar-refractivity contribution in [2.45, 2.75) is 6.92 Å². The predicted molar refractivity (Wildman–Crippen MR) is 71.0 cm³/mol. The Hall–Kier alpha value is -1.87. The van der Waals surface area contributed by atoms with E-state index in [1.54, 1.807) is 24.3 Å². The van der Waals surface area contributed by atoms with Crippen molar-refractivity contribution in [1.82, 2.24) is 0 Å². The fraction of sp³-hybridized carbons (Fsp3) is 0.0714. The second-order valence-corrected chi connectivity index (χ2v) is 4.51. The largest absolute Gasteiger partial charge is 0.478 e. The molecule has 0 aliphatic carbocycles. The Balaban J connectivity index is 2.49. The van der Waals surface area contributed by atoms with E-state index in [1.165, 1.54) is 0 Å². The highest BCUT2D eigenvalue weighted by Crippen LogP contribution is 2.27. The van der Waals surface area contributed by atoms with E-state index in [9.17, 15) is 4.79 Å². The number of hydrogen-bond acceptors (Lipinski definition) is 2. The zero-order chi connectivity index (χ0) is 12.3. The molecular formula is C14H12O2S. The number of rotatable bonds is 3. The van der Waals surface area contributed by atoms with E-state index in [0.717, 1.165) is 16.7 Å². The van der Waals surface area contributed by atoms with Crippen LogP contribution in [-0.2, 0) is 4.79 Å². The van der Waals surface area contributed by atoms with Gasteiger partial charge in [-0.25, -0.2) is 4.79 Å². The molecule has 2 nitrogen and oxygen atoms in total. The Labute approximate surface area is 104 Å². The lowest BCUT2D eigenvalue weighted by atomic mass is 10.0. The van der Waals surface area contributed by atoms with Gasteiger partial charge in [-0.05, 0) is 46.5 Å². The molecular weight excluding hydrogens is 232 g/mol. The molecule has 3 heteroatoms. The molecule has 0 spiro atoms. The topological polar surface area (TPSA) is 37.3 Å². The highest BCUT2D eigenvalue weighted by atomic mass is 32.1. The van der Waals surface area contributed by atoms with E-state index in [2.05, 4.69) is 5.38 Å². The maximum Gasteiger partial charge on any atom is 0.331 e. The monoisotopic (exact) mass is 244 g/mol. The standard InChI is InChI=1S/C14H12O2S/c1-10(14(15)16)8-11-4-2-3-5-13(11)12-6-7-17-9-12/h2-9H,1H3,(H,15,16)/b10-8+. The molecule has 0 unspecified atom stereocenters. The molecule has 0 saturated heterocycles. The van der Waals surface area contributed by atoms with E-state index in [-0.39, 0.29) is 0 Å². The molecule has 1 aromatic heterocycles. The van der Waals surface area contributed by atoms with E-state index in [4.69, 9.17) is 5.11 Å². The average Bonchev–Trinajstić information content (AvgIpc) is 2.83. The fourth-order valence-electron chi connectivity index (χ4n) is 1.60. The maximum absolute atomic E-state index is 10.8. The van der Waals surface area contributed by atoms with Gasteiger partial charge in [0.05, 0.1) is 0 Å². The van der Waals surface area contributed by atoms with Crippen molar-refractivity contribution in [3.8, 4) is 11.1 Å². The number of benzene rings is 1. The Morgan fingerprint density at radius 1 is 1.29 bits per heavy atom. The van der Waals surface area contributed by atoms with Crippen molar-refractivity contribution in [3.63, 3.8) is 0 Å². The first-order chi connectivity index (χ1) is 8.18. The average molecular weight is 244 g/mol. The Kier molecular flexibility index (Phi) is 3.40. The molecule has 0 saturated carbocycles. The molecule has 0 atom stereocenters.